The monoisotopic (exact) mass is 427 g/mol. The Morgan fingerprint density at radius 1 is 1.10 bits per heavy atom. The number of hydrogen-bond donors (Lipinski definition) is 1. The van der Waals surface area contributed by atoms with E-state index in [2.05, 4.69) is 5.32 Å². The number of amides is 1. The second kappa shape index (κ2) is 6.94. The molecule has 4 fully saturated rings. The summed E-state index contributed by atoms with van der Waals surface area (Å²) in [6.07, 6.45) is 12.7. The van der Waals surface area contributed by atoms with Crippen LogP contribution in [0, 0.1) is 24.7 Å². The molecule has 4 bridgehead atoms. The molecule has 4 saturated carbocycles. The van der Waals surface area contributed by atoms with Crippen LogP contribution in [0.25, 0.3) is 10.2 Å². The zero-order chi connectivity index (χ0) is 19.6. The average Bonchev–Trinajstić information content (AvgIpc) is 3.02. The number of thiophene rings is 1. The van der Waals surface area contributed by atoms with Crippen LogP contribution in [0.1, 0.15) is 67.6 Å². The molecule has 6 heteroatoms. The van der Waals surface area contributed by atoms with Gasteiger partial charge in [0.15, 0.2) is 0 Å². The maximum absolute atomic E-state index is 13.0. The van der Waals surface area contributed by atoms with Crippen LogP contribution in [0.5, 0.6) is 0 Å². The number of aryl methyl sites for hydroxylation is 3. The molecule has 2 aromatic heterocycles. The highest BCUT2D eigenvalue weighted by molar-refractivity contribution is 8.00. The van der Waals surface area contributed by atoms with Crippen molar-refractivity contribution in [3.05, 3.63) is 16.3 Å². The van der Waals surface area contributed by atoms with Gasteiger partial charge in [-0.25, -0.2) is 9.97 Å². The SMILES string of the molecule is Cc1nc(SCC(=O)NC23CC4CC(CC(C4)C2)C3)c2c3c(sc2n1)CCCC3. The number of nitrogens with one attached hydrogen (secondary N) is 1. The highest BCUT2D eigenvalue weighted by atomic mass is 32.2. The van der Waals surface area contributed by atoms with E-state index >= 15 is 0 Å². The van der Waals surface area contributed by atoms with E-state index in [1.54, 1.807) is 11.8 Å². The first-order valence-electron chi connectivity index (χ1n) is 11.3. The van der Waals surface area contributed by atoms with Crippen LogP contribution in [0.2, 0.25) is 0 Å². The smallest absolute Gasteiger partial charge is 0.230 e. The zero-order valence-electron chi connectivity index (χ0n) is 17.1. The summed E-state index contributed by atoms with van der Waals surface area (Å²) in [5.74, 6) is 4.06. The largest absolute Gasteiger partial charge is 0.350 e. The Balaban J connectivity index is 1.20. The average molecular weight is 428 g/mol. The van der Waals surface area contributed by atoms with Gasteiger partial charge in [0.1, 0.15) is 15.7 Å². The van der Waals surface area contributed by atoms with Gasteiger partial charge in [-0.1, -0.05) is 11.8 Å². The molecule has 29 heavy (non-hydrogen) atoms. The second-order valence-corrected chi connectivity index (χ2v) is 12.0. The lowest BCUT2D eigenvalue weighted by Crippen LogP contribution is -2.60. The number of carbonyl (C=O) groups is 1. The molecule has 1 amide bonds. The van der Waals surface area contributed by atoms with E-state index in [0.717, 1.165) is 39.9 Å². The van der Waals surface area contributed by atoms with Gasteiger partial charge in [-0.3, -0.25) is 4.79 Å². The van der Waals surface area contributed by atoms with Gasteiger partial charge in [0, 0.05) is 15.8 Å². The van der Waals surface area contributed by atoms with Crippen molar-refractivity contribution < 1.29 is 4.79 Å². The highest BCUT2D eigenvalue weighted by Gasteiger charge is 2.51. The van der Waals surface area contributed by atoms with Gasteiger partial charge in [-0.2, -0.15) is 0 Å². The van der Waals surface area contributed by atoms with Crippen LogP contribution in [-0.2, 0) is 17.6 Å². The van der Waals surface area contributed by atoms with Crippen molar-refractivity contribution in [3.63, 3.8) is 0 Å². The molecule has 5 aliphatic rings. The molecule has 0 unspecified atom stereocenters. The molecular formula is C23H29N3OS2. The number of nitrogens with zero attached hydrogens (tertiary/aromatic N) is 2. The lowest BCUT2D eigenvalue weighted by Gasteiger charge is -2.56. The van der Waals surface area contributed by atoms with Gasteiger partial charge in [0.05, 0.1) is 5.75 Å². The molecular weight excluding hydrogens is 398 g/mol. The van der Waals surface area contributed by atoms with E-state index in [1.165, 1.54) is 73.6 Å². The van der Waals surface area contributed by atoms with Gasteiger partial charge >= 0.3 is 0 Å². The van der Waals surface area contributed by atoms with Gasteiger partial charge in [-0.05, 0) is 94.4 Å². The third-order valence-corrected chi connectivity index (χ3v) is 9.84. The van der Waals surface area contributed by atoms with Gasteiger partial charge in [0.25, 0.3) is 0 Å². The van der Waals surface area contributed by atoms with Crippen LogP contribution in [-0.4, -0.2) is 27.2 Å². The maximum Gasteiger partial charge on any atom is 0.230 e. The third-order valence-electron chi connectivity index (χ3n) is 7.68. The molecule has 0 atom stereocenters. The number of rotatable bonds is 4. The number of fused-ring (bicyclic) bond motifs is 3. The summed E-state index contributed by atoms with van der Waals surface area (Å²) in [6.45, 7) is 1.97. The fraction of sp³-hybridized carbons (Fsp3) is 0.696. The van der Waals surface area contributed by atoms with Crippen molar-refractivity contribution in [1.82, 2.24) is 15.3 Å². The Bertz CT molecular complexity index is 947. The molecule has 0 radical (unpaired) electrons. The van der Waals surface area contributed by atoms with Gasteiger partial charge in [0.2, 0.25) is 5.91 Å². The first-order chi connectivity index (χ1) is 14.1. The Kier molecular flexibility index (Phi) is 4.46. The molecule has 0 aromatic carbocycles. The number of thioether (sulfide) groups is 1. The third kappa shape index (κ3) is 3.31. The topological polar surface area (TPSA) is 54.9 Å². The maximum atomic E-state index is 13.0. The minimum Gasteiger partial charge on any atom is -0.350 e. The summed E-state index contributed by atoms with van der Waals surface area (Å²) in [5, 5.41) is 5.77. The number of hydrogen-bond acceptors (Lipinski definition) is 5. The molecule has 0 saturated heterocycles. The molecule has 7 rings (SSSR count). The van der Waals surface area contributed by atoms with Crippen molar-refractivity contribution in [2.24, 2.45) is 17.8 Å². The van der Waals surface area contributed by atoms with E-state index < -0.39 is 0 Å². The molecule has 2 aromatic rings. The first kappa shape index (κ1) is 18.6. The fourth-order valence-corrected chi connectivity index (χ4v) is 9.33. The van der Waals surface area contributed by atoms with E-state index in [4.69, 9.17) is 9.97 Å². The Labute approximate surface area is 180 Å². The number of carbonyl (C=O) groups excluding carboxylic acids is 1. The molecule has 0 spiro atoms. The molecule has 4 nitrogen and oxygen atoms in total. The van der Waals surface area contributed by atoms with Crippen molar-refractivity contribution in [2.75, 3.05) is 5.75 Å². The Morgan fingerprint density at radius 3 is 2.52 bits per heavy atom. The van der Waals surface area contributed by atoms with Gasteiger partial charge < -0.3 is 5.32 Å². The highest BCUT2D eigenvalue weighted by Crippen LogP contribution is 2.55. The van der Waals surface area contributed by atoms with Crippen molar-refractivity contribution in [3.8, 4) is 0 Å². The van der Waals surface area contributed by atoms with Crippen LogP contribution in [0.3, 0.4) is 0 Å². The van der Waals surface area contributed by atoms with Crippen LogP contribution in [0.4, 0.5) is 0 Å². The molecule has 1 N–H and O–H groups in total. The van der Waals surface area contributed by atoms with Gasteiger partial charge in [-0.15, -0.1) is 11.3 Å². The molecule has 0 aliphatic heterocycles. The van der Waals surface area contributed by atoms with Crippen molar-refractivity contribution >= 4 is 39.2 Å². The quantitative estimate of drug-likeness (QED) is 0.548. The second-order valence-electron chi connectivity index (χ2n) is 10.0. The lowest BCUT2D eigenvalue weighted by molar-refractivity contribution is -0.124. The van der Waals surface area contributed by atoms with Crippen molar-refractivity contribution in [1.29, 1.82) is 0 Å². The van der Waals surface area contributed by atoms with Crippen LogP contribution >= 0.6 is 23.1 Å². The Morgan fingerprint density at radius 2 is 1.79 bits per heavy atom. The summed E-state index contributed by atoms with van der Waals surface area (Å²) in [4.78, 5) is 25.1. The van der Waals surface area contributed by atoms with E-state index in [1.807, 2.05) is 18.3 Å². The minimum absolute atomic E-state index is 0.102. The first-order valence-corrected chi connectivity index (χ1v) is 13.1. The summed E-state index contributed by atoms with van der Waals surface area (Å²) in [5.41, 5.74) is 1.56. The minimum atomic E-state index is 0.102. The van der Waals surface area contributed by atoms with E-state index in [0.29, 0.717) is 5.75 Å². The standard InChI is InChI=1S/C23H29N3OS2/c1-13-24-21(20-17-4-2-3-5-18(17)29-22(20)25-13)28-12-19(27)26-23-9-14-6-15(10-23)8-16(7-14)11-23/h14-16H,2-12H2,1H3,(H,26,27). The van der Waals surface area contributed by atoms with Crippen LogP contribution < -0.4 is 5.32 Å². The fourth-order valence-electron chi connectivity index (χ4n) is 7.06. The Hall–Kier alpha value is -1.14. The predicted molar refractivity (Wildman–Crippen MR) is 119 cm³/mol. The van der Waals surface area contributed by atoms with E-state index in [9.17, 15) is 4.79 Å². The summed E-state index contributed by atoms with van der Waals surface area (Å²) < 4.78 is 0. The summed E-state index contributed by atoms with van der Waals surface area (Å²) in [6, 6.07) is 0. The summed E-state index contributed by atoms with van der Waals surface area (Å²) in [7, 11) is 0. The molecule has 154 valence electrons. The zero-order valence-corrected chi connectivity index (χ0v) is 18.8. The van der Waals surface area contributed by atoms with E-state index in [-0.39, 0.29) is 11.4 Å². The normalized spacial score (nSPS) is 32.5. The van der Waals surface area contributed by atoms with Crippen LogP contribution in [0.15, 0.2) is 5.03 Å². The number of aromatic nitrogens is 2. The molecule has 2 heterocycles. The lowest BCUT2D eigenvalue weighted by atomic mass is 9.53. The van der Waals surface area contributed by atoms with Crippen molar-refractivity contribution in [2.45, 2.75) is 81.7 Å². The summed E-state index contributed by atoms with van der Waals surface area (Å²) >= 11 is 3.46. The predicted octanol–water partition coefficient (Wildman–Crippen LogP) is 5.06. The molecule has 5 aliphatic carbocycles.